The van der Waals surface area contributed by atoms with Crippen LogP contribution in [0.1, 0.15) is 29.6 Å². The number of halogens is 1. The van der Waals surface area contributed by atoms with Gasteiger partial charge in [0.25, 0.3) is 5.91 Å². The lowest BCUT2D eigenvalue weighted by molar-refractivity contribution is 0.0720. The van der Waals surface area contributed by atoms with E-state index >= 15 is 0 Å². The topological polar surface area (TPSA) is 89.3 Å². The van der Waals surface area contributed by atoms with Crippen LogP contribution in [0.2, 0.25) is 0 Å². The van der Waals surface area contributed by atoms with Gasteiger partial charge in [-0.1, -0.05) is 0 Å². The van der Waals surface area contributed by atoms with Gasteiger partial charge in [-0.2, -0.15) is 0 Å². The summed E-state index contributed by atoms with van der Waals surface area (Å²) in [5.41, 5.74) is 2.03. The van der Waals surface area contributed by atoms with Crippen molar-refractivity contribution >= 4 is 11.7 Å². The minimum Gasteiger partial charge on any atom is -0.379 e. The maximum atomic E-state index is 13.9. The molecule has 1 fully saturated rings. The zero-order chi connectivity index (χ0) is 13.8. The molecule has 1 aliphatic rings. The van der Waals surface area contributed by atoms with Crippen molar-refractivity contribution in [2.75, 3.05) is 12.5 Å². The molecule has 1 aromatic rings. The average molecular weight is 268 g/mol. The van der Waals surface area contributed by atoms with Crippen LogP contribution in [0.15, 0.2) is 12.3 Å². The molecule has 7 heteroatoms. The highest BCUT2D eigenvalue weighted by Crippen LogP contribution is 2.22. The van der Waals surface area contributed by atoms with Crippen LogP contribution in [0.3, 0.4) is 0 Å². The Bertz CT molecular complexity index is 469. The smallest absolute Gasteiger partial charge is 0.254 e. The second kappa shape index (κ2) is 5.94. The lowest BCUT2D eigenvalue weighted by Crippen LogP contribution is -2.41. The first-order chi connectivity index (χ1) is 9.17. The third-order valence-electron chi connectivity index (χ3n) is 3.34. The monoisotopic (exact) mass is 268 g/mol. The van der Waals surface area contributed by atoms with Crippen molar-refractivity contribution in [2.45, 2.75) is 31.4 Å². The van der Waals surface area contributed by atoms with E-state index in [4.69, 9.17) is 10.6 Å². The SMILES string of the molecule is COC1CCCC1NC(=O)c1ccnc(NN)c1F. The molecule has 0 saturated heterocycles. The Hall–Kier alpha value is -1.73. The largest absolute Gasteiger partial charge is 0.379 e. The number of carbonyl (C=O) groups is 1. The highest BCUT2D eigenvalue weighted by molar-refractivity contribution is 5.95. The molecule has 2 atom stereocenters. The van der Waals surface area contributed by atoms with Crippen LogP contribution in [0, 0.1) is 5.82 Å². The van der Waals surface area contributed by atoms with Crippen molar-refractivity contribution in [1.29, 1.82) is 0 Å². The molecule has 1 heterocycles. The summed E-state index contributed by atoms with van der Waals surface area (Å²) in [5.74, 6) is 3.74. The Kier molecular flexibility index (Phi) is 4.28. The Morgan fingerprint density at radius 2 is 2.37 bits per heavy atom. The van der Waals surface area contributed by atoms with Crippen molar-refractivity contribution in [3.63, 3.8) is 0 Å². The molecule has 4 N–H and O–H groups in total. The van der Waals surface area contributed by atoms with Crippen LogP contribution in [-0.2, 0) is 4.74 Å². The number of ether oxygens (including phenoxy) is 1. The minimum absolute atomic E-state index is 0.0130. The van der Waals surface area contributed by atoms with Crippen molar-refractivity contribution in [2.24, 2.45) is 5.84 Å². The third kappa shape index (κ3) is 2.82. The predicted octanol–water partition coefficient (Wildman–Crippen LogP) is 0.804. The highest BCUT2D eigenvalue weighted by atomic mass is 19.1. The maximum absolute atomic E-state index is 13.9. The first kappa shape index (κ1) is 13.7. The molecule has 0 aliphatic heterocycles. The Balaban J connectivity index is 2.12. The molecule has 2 unspecified atom stereocenters. The summed E-state index contributed by atoms with van der Waals surface area (Å²) in [6, 6.07) is 1.24. The Morgan fingerprint density at radius 3 is 3.05 bits per heavy atom. The van der Waals surface area contributed by atoms with Gasteiger partial charge in [-0.25, -0.2) is 15.2 Å². The molecular weight excluding hydrogens is 251 g/mol. The number of carbonyl (C=O) groups excluding carboxylic acids is 1. The molecule has 0 bridgehead atoms. The summed E-state index contributed by atoms with van der Waals surface area (Å²) < 4.78 is 19.2. The summed E-state index contributed by atoms with van der Waals surface area (Å²) in [4.78, 5) is 15.7. The van der Waals surface area contributed by atoms with Gasteiger partial charge in [0, 0.05) is 13.3 Å². The first-order valence-electron chi connectivity index (χ1n) is 6.12. The number of aromatic nitrogens is 1. The van der Waals surface area contributed by atoms with E-state index in [2.05, 4.69) is 15.7 Å². The minimum atomic E-state index is -0.755. The number of nitrogens with two attached hydrogens (primary N) is 1. The zero-order valence-corrected chi connectivity index (χ0v) is 10.6. The van der Waals surface area contributed by atoms with Gasteiger partial charge < -0.3 is 15.5 Å². The number of nitrogens with zero attached hydrogens (tertiary/aromatic N) is 1. The summed E-state index contributed by atoms with van der Waals surface area (Å²) >= 11 is 0. The second-order valence-electron chi connectivity index (χ2n) is 4.45. The van der Waals surface area contributed by atoms with Crippen molar-refractivity contribution in [1.82, 2.24) is 10.3 Å². The Labute approximate surface area is 110 Å². The molecule has 104 valence electrons. The molecule has 6 nitrogen and oxygen atoms in total. The van der Waals surface area contributed by atoms with Crippen LogP contribution in [0.4, 0.5) is 10.2 Å². The predicted molar refractivity (Wildman–Crippen MR) is 67.9 cm³/mol. The van der Waals surface area contributed by atoms with E-state index < -0.39 is 11.7 Å². The van der Waals surface area contributed by atoms with Gasteiger partial charge >= 0.3 is 0 Å². The Morgan fingerprint density at radius 1 is 1.58 bits per heavy atom. The first-order valence-corrected chi connectivity index (χ1v) is 6.12. The van der Waals surface area contributed by atoms with Gasteiger partial charge in [0.1, 0.15) is 0 Å². The molecule has 1 aromatic heterocycles. The average Bonchev–Trinajstić information content (AvgIpc) is 2.86. The van der Waals surface area contributed by atoms with Crippen molar-refractivity contribution in [3.05, 3.63) is 23.6 Å². The van der Waals surface area contributed by atoms with Crippen LogP contribution < -0.4 is 16.6 Å². The number of methoxy groups -OCH3 is 1. The molecule has 0 radical (unpaired) electrons. The van der Waals surface area contributed by atoms with E-state index in [-0.39, 0.29) is 23.5 Å². The second-order valence-corrected chi connectivity index (χ2v) is 4.45. The van der Waals surface area contributed by atoms with E-state index in [1.807, 2.05) is 0 Å². The summed E-state index contributed by atoms with van der Waals surface area (Å²) in [6.07, 6.45) is 4.03. The summed E-state index contributed by atoms with van der Waals surface area (Å²) in [6.45, 7) is 0. The fraction of sp³-hybridized carbons (Fsp3) is 0.500. The molecular formula is C12H17FN4O2. The molecule has 1 amide bonds. The molecule has 2 rings (SSSR count). The van der Waals surface area contributed by atoms with Crippen LogP contribution in [0.5, 0.6) is 0 Å². The van der Waals surface area contributed by atoms with Crippen LogP contribution in [-0.4, -0.2) is 30.1 Å². The number of hydrazine groups is 1. The van der Waals surface area contributed by atoms with Gasteiger partial charge in [0.05, 0.1) is 17.7 Å². The van der Waals surface area contributed by atoms with E-state index in [0.717, 1.165) is 19.3 Å². The van der Waals surface area contributed by atoms with Gasteiger partial charge in [0.2, 0.25) is 0 Å². The lowest BCUT2D eigenvalue weighted by atomic mass is 10.1. The number of amides is 1. The summed E-state index contributed by atoms with van der Waals surface area (Å²) in [5, 5.41) is 2.79. The van der Waals surface area contributed by atoms with E-state index in [1.165, 1.54) is 12.3 Å². The van der Waals surface area contributed by atoms with Gasteiger partial charge in [-0.15, -0.1) is 0 Å². The standard InChI is InChI=1S/C12H17FN4O2/c1-19-9-4-2-3-8(9)16-12(18)7-5-6-15-11(17-14)10(7)13/h5-6,8-9H,2-4,14H2,1H3,(H,15,17)(H,16,18). The highest BCUT2D eigenvalue weighted by Gasteiger charge is 2.29. The van der Waals surface area contributed by atoms with E-state index in [9.17, 15) is 9.18 Å². The molecule has 1 aliphatic carbocycles. The van der Waals surface area contributed by atoms with Crippen molar-refractivity contribution in [3.8, 4) is 0 Å². The van der Waals surface area contributed by atoms with Gasteiger partial charge in [0.15, 0.2) is 11.6 Å². The van der Waals surface area contributed by atoms with Gasteiger partial charge in [-0.3, -0.25) is 4.79 Å². The molecule has 1 saturated carbocycles. The zero-order valence-electron chi connectivity index (χ0n) is 10.6. The summed E-state index contributed by atoms with van der Waals surface area (Å²) in [7, 11) is 1.61. The van der Waals surface area contributed by atoms with Crippen LogP contribution in [0.25, 0.3) is 0 Å². The lowest BCUT2D eigenvalue weighted by Gasteiger charge is -2.19. The number of nitrogen functional groups attached to an aromatic ring is 1. The maximum Gasteiger partial charge on any atom is 0.254 e. The quantitative estimate of drug-likeness (QED) is 0.555. The van der Waals surface area contributed by atoms with Crippen molar-refractivity contribution < 1.29 is 13.9 Å². The number of anilines is 1. The number of pyridine rings is 1. The number of nitrogens with one attached hydrogen (secondary N) is 2. The molecule has 19 heavy (non-hydrogen) atoms. The number of hydrogen-bond acceptors (Lipinski definition) is 5. The number of hydrogen-bond donors (Lipinski definition) is 3. The fourth-order valence-electron chi connectivity index (χ4n) is 2.34. The molecule has 0 spiro atoms. The third-order valence-corrected chi connectivity index (χ3v) is 3.34. The molecule has 0 aromatic carbocycles. The number of rotatable bonds is 4. The van der Waals surface area contributed by atoms with E-state index in [0.29, 0.717) is 0 Å². The van der Waals surface area contributed by atoms with Crippen LogP contribution >= 0.6 is 0 Å². The van der Waals surface area contributed by atoms with E-state index in [1.54, 1.807) is 7.11 Å². The van der Waals surface area contributed by atoms with Gasteiger partial charge in [-0.05, 0) is 25.3 Å². The fourth-order valence-corrected chi connectivity index (χ4v) is 2.34. The normalized spacial score (nSPS) is 22.3.